The van der Waals surface area contributed by atoms with Gasteiger partial charge in [0.15, 0.2) is 0 Å². The van der Waals surface area contributed by atoms with E-state index in [-0.39, 0.29) is 19.0 Å². The van der Waals surface area contributed by atoms with Crippen molar-refractivity contribution in [1.29, 1.82) is 0 Å². The summed E-state index contributed by atoms with van der Waals surface area (Å²) in [5.41, 5.74) is 1.25. The van der Waals surface area contributed by atoms with Crippen LogP contribution in [0.25, 0.3) is 6.08 Å². The third-order valence-corrected chi connectivity index (χ3v) is 4.41. The highest BCUT2D eigenvalue weighted by Gasteiger charge is 2.07. The zero-order valence-electron chi connectivity index (χ0n) is 12.8. The van der Waals surface area contributed by atoms with Crippen molar-refractivity contribution < 1.29 is 13.2 Å². The topological polar surface area (TPSA) is 75.3 Å². The highest BCUT2D eigenvalue weighted by Crippen LogP contribution is 2.09. The van der Waals surface area contributed by atoms with E-state index in [0.29, 0.717) is 10.6 Å². The molecule has 0 aliphatic carbocycles. The number of hydrogen-bond donors (Lipinski definition) is 2. The van der Waals surface area contributed by atoms with Gasteiger partial charge in [0, 0.05) is 29.1 Å². The van der Waals surface area contributed by atoms with Crippen molar-refractivity contribution in [2.45, 2.75) is 0 Å². The SMILES string of the molecule is O=C(NCCNS(=O)(=O)/C=C/c1ccccc1)c1ccc(Cl)cc1. The van der Waals surface area contributed by atoms with E-state index < -0.39 is 10.0 Å². The van der Waals surface area contributed by atoms with Gasteiger partial charge in [-0.05, 0) is 35.9 Å². The number of rotatable bonds is 7. The molecule has 2 N–H and O–H groups in total. The maximum absolute atomic E-state index is 11.8. The molecule has 2 aromatic carbocycles. The van der Waals surface area contributed by atoms with Gasteiger partial charge in [-0.1, -0.05) is 41.9 Å². The Balaban J connectivity index is 1.77. The van der Waals surface area contributed by atoms with E-state index in [9.17, 15) is 13.2 Å². The summed E-state index contributed by atoms with van der Waals surface area (Å²) in [7, 11) is -3.55. The van der Waals surface area contributed by atoms with E-state index in [4.69, 9.17) is 11.6 Å². The van der Waals surface area contributed by atoms with E-state index in [1.54, 1.807) is 36.4 Å². The zero-order chi connectivity index (χ0) is 17.4. The average Bonchev–Trinajstić information content (AvgIpc) is 2.58. The van der Waals surface area contributed by atoms with Crippen LogP contribution in [0.1, 0.15) is 15.9 Å². The molecule has 0 atom stereocenters. The molecule has 0 bridgehead atoms. The van der Waals surface area contributed by atoms with Gasteiger partial charge in [-0.25, -0.2) is 13.1 Å². The quantitative estimate of drug-likeness (QED) is 0.742. The monoisotopic (exact) mass is 364 g/mol. The molecule has 1 amide bonds. The highest BCUT2D eigenvalue weighted by atomic mass is 35.5. The van der Waals surface area contributed by atoms with Crippen molar-refractivity contribution in [2.24, 2.45) is 0 Å². The molecule has 2 aromatic rings. The van der Waals surface area contributed by atoms with Crippen molar-refractivity contribution in [3.63, 3.8) is 0 Å². The van der Waals surface area contributed by atoms with Crippen LogP contribution in [0, 0.1) is 0 Å². The Morgan fingerprint density at radius 2 is 1.67 bits per heavy atom. The van der Waals surface area contributed by atoms with Gasteiger partial charge in [0.1, 0.15) is 0 Å². The van der Waals surface area contributed by atoms with Gasteiger partial charge in [0.05, 0.1) is 0 Å². The number of carbonyl (C=O) groups is 1. The van der Waals surface area contributed by atoms with E-state index in [1.807, 2.05) is 18.2 Å². The number of carbonyl (C=O) groups excluding carboxylic acids is 1. The van der Waals surface area contributed by atoms with Crippen molar-refractivity contribution >= 4 is 33.6 Å². The molecule has 0 aliphatic rings. The Kier molecular flexibility index (Phi) is 6.54. The van der Waals surface area contributed by atoms with Crippen LogP contribution in [-0.2, 0) is 10.0 Å². The molecule has 24 heavy (non-hydrogen) atoms. The molecule has 0 radical (unpaired) electrons. The van der Waals surface area contributed by atoms with Crippen LogP contribution in [0.15, 0.2) is 60.0 Å². The molecule has 5 nitrogen and oxygen atoms in total. The summed E-state index contributed by atoms with van der Waals surface area (Å²) in [5, 5.41) is 4.28. The molecule has 0 aromatic heterocycles. The second-order valence-electron chi connectivity index (χ2n) is 4.92. The second kappa shape index (κ2) is 8.63. The minimum atomic E-state index is -3.55. The lowest BCUT2D eigenvalue weighted by molar-refractivity contribution is 0.0954. The maximum atomic E-state index is 11.8. The molecule has 0 aliphatic heterocycles. The van der Waals surface area contributed by atoms with Gasteiger partial charge in [-0.3, -0.25) is 4.79 Å². The van der Waals surface area contributed by atoms with E-state index in [0.717, 1.165) is 11.0 Å². The molecule has 2 rings (SSSR count). The lowest BCUT2D eigenvalue weighted by Crippen LogP contribution is -2.33. The van der Waals surface area contributed by atoms with Crippen LogP contribution in [-0.4, -0.2) is 27.4 Å². The molecule has 0 saturated heterocycles. The molecular formula is C17H17ClN2O3S. The largest absolute Gasteiger partial charge is 0.351 e. The fraction of sp³-hybridized carbons (Fsp3) is 0.118. The zero-order valence-corrected chi connectivity index (χ0v) is 14.3. The first-order chi connectivity index (χ1) is 11.5. The van der Waals surface area contributed by atoms with Gasteiger partial charge in [-0.15, -0.1) is 0 Å². The third-order valence-electron chi connectivity index (χ3n) is 3.06. The molecule has 0 fully saturated rings. The van der Waals surface area contributed by atoms with Gasteiger partial charge in [0.25, 0.3) is 5.91 Å². The number of sulfonamides is 1. The smallest absolute Gasteiger partial charge is 0.251 e. The summed E-state index contributed by atoms with van der Waals surface area (Å²) < 4.78 is 26.1. The maximum Gasteiger partial charge on any atom is 0.251 e. The predicted octanol–water partition coefficient (Wildman–Crippen LogP) is 2.66. The van der Waals surface area contributed by atoms with Gasteiger partial charge in [-0.2, -0.15) is 0 Å². The van der Waals surface area contributed by atoms with Crippen LogP contribution in [0.3, 0.4) is 0 Å². The molecule has 126 valence electrons. The van der Waals surface area contributed by atoms with Crippen molar-refractivity contribution in [3.8, 4) is 0 Å². The molecule has 0 saturated carbocycles. The Morgan fingerprint density at radius 3 is 2.33 bits per heavy atom. The standard InChI is InChI=1S/C17H17ClN2O3S/c18-16-8-6-15(7-9-16)17(21)19-11-12-20-24(22,23)13-10-14-4-2-1-3-5-14/h1-10,13,20H,11-12H2,(H,19,21)/b13-10+. The molecule has 0 spiro atoms. The Morgan fingerprint density at radius 1 is 1.00 bits per heavy atom. The number of halogens is 1. The minimum Gasteiger partial charge on any atom is -0.351 e. The van der Waals surface area contributed by atoms with Crippen molar-refractivity contribution in [3.05, 3.63) is 76.2 Å². The lowest BCUT2D eigenvalue weighted by Gasteiger charge is -2.06. The van der Waals surface area contributed by atoms with Crippen LogP contribution in [0.4, 0.5) is 0 Å². The fourth-order valence-electron chi connectivity index (χ4n) is 1.85. The molecular weight excluding hydrogens is 348 g/mol. The number of benzene rings is 2. The first kappa shape index (κ1) is 18.2. The van der Waals surface area contributed by atoms with Crippen LogP contribution in [0.5, 0.6) is 0 Å². The Hall–Kier alpha value is -2.15. The molecule has 0 heterocycles. The summed E-state index contributed by atoms with van der Waals surface area (Å²) >= 11 is 5.75. The number of nitrogens with one attached hydrogen (secondary N) is 2. The van der Waals surface area contributed by atoms with Gasteiger partial charge in [0.2, 0.25) is 10.0 Å². The van der Waals surface area contributed by atoms with E-state index >= 15 is 0 Å². The highest BCUT2D eigenvalue weighted by molar-refractivity contribution is 7.92. The number of hydrogen-bond acceptors (Lipinski definition) is 3. The summed E-state index contributed by atoms with van der Waals surface area (Å²) in [6, 6.07) is 15.6. The summed E-state index contributed by atoms with van der Waals surface area (Å²) in [6.45, 7) is 0.278. The first-order valence-electron chi connectivity index (χ1n) is 7.23. The number of amides is 1. The summed E-state index contributed by atoms with van der Waals surface area (Å²) in [5.74, 6) is -0.286. The molecule has 0 unspecified atom stereocenters. The van der Waals surface area contributed by atoms with Crippen LogP contribution < -0.4 is 10.0 Å². The second-order valence-corrected chi connectivity index (χ2v) is 7.00. The fourth-order valence-corrected chi connectivity index (χ4v) is 2.80. The van der Waals surface area contributed by atoms with Crippen molar-refractivity contribution in [1.82, 2.24) is 10.0 Å². The summed E-state index contributed by atoms with van der Waals surface area (Å²) in [6.07, 6.45) is 1.51. The normalized spacial score (nSPS) is 11.5. The Labute approximate surface area is 146 Å². The van der Waals surface area contributed by atoms with E-state index in [1.165, 1.54) is 6.08 Å². The Bertz CT molecular complexity index is 803. The van der Waals surface area contributed by atoms with Gasteiger partial charge < -0.3 is 5.32 Å². The first-order valence-corrected chi connectivity index (χ1v) is 9.15. The molecule has 7 heteroatoms. The van der Waals surface area contributed by atoms with Crippen LogP contribution in [0.2, 0.25) is 5.02 Å². The predicted molar refractivity (Wildman–Crippen MR) is 96.2 cm³/mol. The minimum absolute atomic E-state index is 0.0980. The lowest BCUT2D eigenvalue weighted by atomic mass is 10.2. The van der Waals surface area contributed by atoms with Gasteiger partial charge >= 0.3 is 0 Å². The third kappa shape index (κ3) is 6.16. The summed E-state index contributed by atoms with van der Waals surface area (Å²) in [4.78, 5) is 11.8. The average molecular weight is 365 g/mol. The van der Waals surface area contributed by atoms with Crippen molar-refractivity contribution in [2.75, 3.05) is 13.1 Å². The van der Waals surface area contributed by atoms with E-state index in [2.05, 4.69) is 10.0 Å². The van der Waals surface area contributed by atoms with Crippen LogP contribution >= 0.6 is 11.6 Å².